The van der Waals surface area contributed by atoms with Crippen LogP contribution in [0.15, 0.2) is 188 Å². The summed E-state index contributed by atoms with van der Waals surface area (Å²) in [6, 6.07) is 62.8. The first-order valence-electron chi connectivity index (χ1n) is 31.9. The first kappa shape index (κ1) is 77.1. The van der Waals surface area contributed by atoms with Gasteiger partial charge >= 0.3 is 24.2 Å². The lowest BCUT2D eigenvalue weighted by Gasteiger charge is -2.36. The fourth-order valence-electron chi connectivity index (χ4n) is 11.1. The monoisotopic (exact) mass is 1730 g/mol. The molecule has 11 rings (SSSR count). The third-order valence-electron chi connectivity index (χ3n) is 15.6. The molecule has 0 spiro atoms. The number of nitrogens with zero attached hydrogens (tertiary/aromatic N) is 11. The Morgan fingerprint density at radius 2 is 0.900 bits per heavy atom. The highest BCUT2D eigenvalue weighted by Crippen LogP contribution is 2.44. The van der Waals surface area contributed by atoms with E-state index in [0.717, 1.165) is 86.9 Å². The minimum Gasteiger partial charge on any atom is -0.431 e. The lowest BCUT2D eigenvalue weighted by atomic mass is 9.77. The zero-order chi connectivity index (χ0) is 70.3. The number of halogens is 5. The number of ether oxygens (including phenoxy) is 6. The summed E-state index contributed by atoms with van der Waals surface area (Å²) in [6.45, 7) is 10.3. The van der Waals surface area contributed by atoms with Gasteiger partial charge in [-0.2, -0.15) is 5.21 Å². The van der Waals surface area contributed by atoms with Crippen molar-refractivity contribution in [2.75, 3.05) is 13.6 Å². The van der Waals surface area contributed by atoms with Crippen LogP contribution in [0, 0.1) is 0 Å². The average Bonchev–Trinajstić information content (AvgIpc) is 1.14. The van der Waals surface area contributed by atoms with Gasteiger partial charge in [-0.15, -0.1) is 39.3 Å². The number of carbonyl (C=O) groups is 4. The largest absolute Gasteiger partial charge is 0.511 e. The molecule has 1 N–H and O–H groups in total. The van der Waals surface area contributed by atoms with Crippen LogP contribution in [0.3, 0.4) is 0 Å². The lowest BCUT2D eigenvalue weighted by molar-refractivity contribution is -0.0366. The van der Waals surface area contributed by atoms with E-state index in [-0.39, 0.29) is 57.9 Å². The zero-order valence-electron chi connectivity index (χ0n) is 55.5. The van der Waals surface area contributed by atoms with Crippen LogP contribution < -0.4 is 0 Å². The van der Waals surface area contributed by atoms with Crippen molar-refractivity contribution in [2.24, 2.45) is 0 Å². The summed E-state index contributed by atoms with van der Waals surface area (Å²) in [4.78, 5) is 58.6. The molecule has 4 aromatic heterocycles. The molecule has 0 saturated heterocycles. The van der Waals surface area contributed by atoms with Crippen LogP contribution in [0.2, 0.25) is 10.3 Å². The molecule has 0 aliphatic rings. The van der Waals surface area contributed by atoms with Crippen LogP contribution in [0.25, 0.3) is 45.0 Å². The van der Waals surface area contributed by atoms with Crippen molar-refractivity contribution in [1.29, 1.82) is 0 Å². The van der Waals surface area contributed by atoms with Crippen LogP contribution in [0.4, 0.5) is 9.59 Å². The van der Waals surface area contributed by atoms with Crippen LogP contribution in [-0.2, 0) is 59.9 Å². The highest BCUT2D eigenvalue weighted by atomic mass is 128. The van der Waals surface area contributed by atoms with Crippen molar-refractivity contribution >= 4 is 109 Å². The summed E-state index contributed by atoms with van der Waals surface area (Å²) in [5, 5.41) is 28.1. The predicted molar refractivity (Wildman–Crippen MR) is 408 cm³/mol. The number of aromatic amines is 1. The molecule has 7 aromatic carbocycles. The van der Waals surface area contributed by atoms with Crippen molar-refractivity contribution in [3.8, 4) is 45.0 Å². The number of aromatic nitrogens is 12. The molecule has 22 nitrogen and oxygen atoms in total. The van der Waals surface area contributed by atoms with Gasteiger partial charge in [0.25, 0.3) is 0 Å². The maximum absolute atomic E-state index is 13.3. The number of H-pyrrole nitrogens is 1. The summed E-state index contributed by atoms with van der Waals surface area (Å²) in [5.74, 6) is 0.901. The summed E-state index contributed by atoms with van der Waals surface area (Å²) in [6.07, 6.45) is 2.24. The predicted octanol–water partition coefficient (Wildman–Crippen LogP) is 17.6. The molecule has 0 amide bonds. The van der Waals surface area contributed by atoms with E-state index >= 15 is 0 Å². The highest BCUT2D eigenvalue weighted by Gasteiger charge is 2.42. The number of carbonyl (C=O) groups excluding carboxylic acids is 4. The number of hydrogen-bond donors (Lipinski definition) is 1. The second kappa shape index (κ2) is 38.2. The number of unbranched alkanes of at least 4 members (excludes halogenated alkanes) is 2. The molecule has 520 valence electrons. The first-order chi connectivity index (χ1) is 48.2. The molecule has 11 aromatic rings. The number of hydrogen-bond acceptors (Lipinski definition) is 18. The number of imidazole rings is 2. The topological polar surface area (TPSA) is 257 Å². The number of esters is 2. The second-order valence-corrected chi connectivity index (χ2v) is 23.6. The summed E-state index contributed by atoms with van der Waals surface area (Å²) < 4.78 is 35.4. The Balaban J connectivity index is 0.000000264. The van der Waals surface area contributed by atoms with Gasteiger partial charge in [-0.05, 0) is 106 Å². The van der Waals surface area contributed by atoms with E-state index in [1.54, 1.807) is 36.8 Å². The number of rotatable bonds is 26. The van der Waals surface area contributed by atoms with Gasteiger partial charge in [0, 0.05) is 74.3 Å². The Morgan fingerprint density at radius 1 is 0.510 bits per heavy atom. The normalized spacial score (nSPS) is 11.0. The number of nitrogens with one attached hydrogen (secondary N) is 1. The minimum atomic E-state index is -0.938. The number of benzene rings is 7. The molecular formula is C73H73Cl2I3N12O10. The van der Waals surface area contributed by atoms with Gasteiger partial charge in [-0.25, -0.2) is 33.8 Å². The van der Waals surface area contributed by atoms with E-state index in [2.05, 4.69) is 129 Å². The van der Waals surface area contributed by atoms with Gasteiger partial charge < -0.3 is 37.6 Å². The van der Waals surface area contributed by atoms with Crippen molar-refractivity contribution in [3.63, 3.8) is 0 Å². The molecule has 4 heterocycles. The van der Waals surface area contributed by atoms with Gasteiger partial charge in [-0.3, -0.25) is 0 Å². The number of tetrazole rings is 2. The summed E-state index contributed by atoms with van der Waals surface area (Å²) in [7, 11) is 0. The minimum absolute atomic E-state index is 0. The fraction of sp³-hybridized carbons (Fsp3) is 0.260. The van der Waals surface area contributed by atoms with E-state index in [4.69, 9.17) is 61.9 Å². The van der Waals surface area contributed by atoms with Gasteiger partial charge in [0.1, 0.15) is 17.2 Å². The second-order valence-electron chi connectivity index (χ2n) is 22.9. The Morgan fingerprint density at radius 3 is 1.29 bits per heavy atom. The van der Waals surface area contributed by atoms with Gasteiger partial charge in [-0.1, -0.05) is 238 Å². The SMILES string of the molecule is CCCCc1nc(Cl)c(C(=O)OCOC(=O)OC(C)C)n1Cc1ccc(-c2ccccc2-c2nn[nH]n2)cc1.CCCCc1nc(Cl)c(C(=O)OCOC(=O)OC(C)C)n1Cc1ccc(-c2ccccc2-c2nnnn2C(c2ccccc2)(c2ccccc2)c2ccccc2)cc1.I.II. The molecule has 0 radical (unpaired) electrons. The van der Waals surface area contributed by atoms with Crippen LogP contribution in [0.5, 0.6) is 0 Å². The van der Waals surface area contributed by atoms with E-state index in [1.807, 2.05) is 150 Å². The molecule has 0 atom stereocenters. The Bertz CT molecular complexity index is 4320. The molecular weight excluding hydrogens is 1660 g/mol. The van der Waals surface area contributed by atoms with E-state index in [0.29, 0.717) is 49.2 Å². The molecule has 100 heavy (non-hydrogen) atoms. The fourth-order valence-corrected chi connectivity index (χ4v) is 11.7. The maximum Gasteiger partial charge on any atom is 0.511 e. The Kier molecular flexibility index (Phi) is 29.5. The maximum atomic E-state index is 13.3. The summed E-state index contributed by atoms with van der Waals surface area (Å²) >= 11 is 17.2. The van der Waals surface area contributed by atoms with Gasteiger partial charge in [0.15, 0.2) is 27.5 Å². The smallest absolute Gasteiger partial charge is 0.431 e. The lowest BCUT2D eigenvalue weighted by Crippen LogP contribution is -2.39. The van der Waals surface area contributed by atoms with E-state index in [1.165, 1.54) is 0 Å². The molecule has 0 bridgehead atoms. The van der Waals surface area contributed by atoms with E-state index in [9.17, 15) is 19.2 Å². The van der Waals surface area contributed by atoms with Crippen molar-refractivity contribution in [1.82, 2.24) is 59.9 Å². The molecule has 27 heteroatoms. The van der Waals surface area contributed by atoms with E-state index < -0.39 is 43.4 Å². The summed E-state index contributed by atoms with van der Waals surface area (Å²) in [5.41, 5.74) is 9.61. The van der Waals surface area contributed by atoms with Crippen molar-refractivity contribution in [2.45, 2.75) is 111 Å². The van der Waals surface area contributed by atoms with Crippen LogP contribution >= 0.6 is 84.4 Å². The zero-order valence-corrected chi connectivity index (χ0v) is 63.7. The van der Waals surface area contributed by atoms with Gasteiger partial charge in [0.2, 0.25) is 19.4 Å². The van der Waals surface area contributed by atoms with Crippen LogP contribution in [-0.4, -0.2) is 110 Å². The Labute approximate surface area is 629 Å². The Hall–Kier alpha value is -8.65. The molecule has 0 saturated carbocycles. The van der Waals surface area contributed by atoms with Gasteiger partial charge in [0.05, 0.1) is 12.2 Å². The molecule has 0 unspecified atom stereocenters. The third kappa shape index (κ3) is 19.2. The molecule has 0 aliphatic heterocycles. The quantitative estimate of drug-likeness (QED) is 0.0174. The number of aryl methyl sites for hydroxylation is 2. The van der Waals surface area contributed by atoms with Crippen molar-refractivity contribution < 1.29 is 47.6 Å². The third-order valence-corrected chi connectivity index (χ3v) is 16.1. The standard InChI is InChI=1S/C46H43ClN6O5.C27H29ClN6O5.I2.HI/c1-4-5-25-40-48-42(47)41(44(54)56-31-57-45(55)58-32(2)3)52(40)30-33-26-28-34(29-27-33)38-23-15-16-24-39(38)43-49-50-51-53(43)46(35-17-9-6-10-18-35,36-19-11-7-12-20-36)37-21-13-8-14-22-37;1-4-5-10-22-29-24(28)23(26(35)37-16-38-27(36)39-17(2)3)34(22)15-18-11-13-19(14-12-18)20-8-6-7-9-21(20)25-30-32-33-31-25;1-2;/h6-24,26-29,32H,4-5,25,30-31H2,1-3H3;6-9,11-14,17H,4-5,10,15-16H2,1-3H3,(H,30,31,32,33);;1H. The first-order valence-corrected chi connectivity index (χ1v) is 38.9. The van der Waals surface area contributed by atoms with Crippen molar-refractivity contribution in [3.05, 3.63) is 249 Å². The molecule has 0 fully saturated rings. The highest BCUT2D eigenvalue weighted by molar-refractivity contribution is 15.0. The molecule has 0 aliphatic carbocycles. The average molecular weight is 1730 g/mol. The van der Waals surface area contributed by atoms with Crippen LogP contribution in [0.1, 0.15) is 128 Å².